The van der Waals surface area contributed by atoms with Crippen molar-refractivity contribution in [3.8, 4) is 0 Å². The largest absolute Gasteiger partial charge is 0.371 e. The second-order valence-electron chi connectivity index (χ2n) is 3.44. The molecule has 78 valence electrons. The topological polar surface area (TPSA) is 41.6 Å². The molecule has 0 aliphatic carbocycles. The van der Waals surface area contributed by atoms with E-state index in [9.17, 15) is 4.79 Å². The molecule has 1 fully saturated rings. The predicted octanol–water partition coefficient (Wildman–Crippen LogP) is 1.21. The van der Waals surface area contributed by atoms with Crippen molar-refractivity contribution in [2.24, 2.45) is 0 Å². The normalized spacial score (nSPS) is 19.1. The maximum absolute atomic E-state index is 11.3. The molecule has 0 radical (unpaired) electrons. The maximum atomic E-state index is 11.3. The summed E-state index contributed by atoms with van der Waals surface area (Å²) in [7, 11) is 0. The van der Waals surface area contributed by atoms with Crippen LogP contribution in [-0.2, 0) is 9.53 Å². The first-order valence-electron chi connectivity index (χ1n) is 4.97. The Hall–Kier alpha value is -1.61. The molecule has 1 saturated heterocycles. The molecule has 3 heteroatoms. The number of carbonyl (C=O) groups is 1. The monoisotopic (exact) mass is 203 g/mol. The summed E-state index contributed by atoms with van der Waals surface area (Å²) in [6.45, 7) is 1.38. The Balaban J connectivity index is 1.79. The minimum Gasteiger partial charge on any atom is -0.371 e. The molecular formula is C12H13NO2. The zero-order valence-electron chi connectivity index (χ0n) is 8.35. The molecule has 0 bridgehead atoms. The van der Waals surface area contributed by atoms with Crippen LogP contribution in [0.4, 0.5) is 0 Å². The third-order valence-corrected chi connectivity index (χ3v) is 2.13. The summed E-state index contributed by atoms with van der Waals surface area (Å²) in [5, 5.41) is 2.76. The molecule has 0 saturated carbocycles. The van der Waals surface area contributed by atoms with Gasteiger partial charge >= 0.3 is 0 Å². The smallest absolute Gasteiger partial charge is 0.244 e. The van der Waals surface area contributed by atoms with Crippen molar-refractivity contribution in [1.29, 1.82) is 0 Å². The van der Waals surface area contributed by atoms with Crippen LogP contribution < -0.4 is 5.32 Å². The lowest BCUT2D eigenvalue weighted by molar-refractivity contribution is -0.116. The second kappa shape index (κ2) is 4.75. The van der Waals surface area contributed by atoms with Gasteiger partial charge in [-0.2, -0.15) is 0 Å². The van der Waals surface area contributed by atoms with Gasteiger partial charge in [0.15, 0.2) is 0 Å². The van der Waals surface area contributed by atoms with Crippen LogP contribution >= 0.6 is 0 Å². The molecule has 1 aliphatic heterocycles. The van der Waals surface area contributed by atoms with Gasteiger partial charge in [-0.15, -0.1) is 0 Å². The van der Waals surface area contributed by atoms with Gasteiger partial charge in [0.2, 0.25) is 5.91 Å². The first-order valence-corrected chi connectivity index (χ1v) is 4.97. The van der Waals surface area contributed by atoms with Crippen LogP contribution in [0.25, 0.3) is 6.08 Å². The van der Waals surface area contributed by atoms with Gasteiger partial charge in [0.05, 0.1) is 12.7 Å². The molecule has 0 aromatic heterocycles. The summed E-state index contributed by atoms with van der Waals surface area (Å²) >= 11 is 0. The number of hydrogen-bond donors (Lipinski definition) is 1. The van der Waals surface area contributed by atoms with E-state index in [0.29, 0.717) is 6.54 Å². The van der Waals surface area contributed by atoms with Crippen LogP contribution in [0.1, 0.15) is 5.56 Å². The summed E-state index contributed by atoms with van der Waals surface area (Å²) < 4.78 is 4.98. The molecule has 1 atom stereocenters. The summed E-state index contributed by atoms with van der Waals surface area (Å²) in [5.41, 5.74) is 1.02. The van der Waals surface area contributed by atoms with Crippen LogP contribution in [-0.4, -0.2) is 25.2 Å². The number of ether oxygens (including phenoxy) is 1. The van der Waals surface area contributed by atoms with E-state index >= 15 is 0 Å². The van der Waals surface area contributed by atoms with Gasteiger partial charge in [-0.1, -0.05) is 30.3 Å². The Morgan fingerprint density at radius 2 is 2.20 bits per heavy atom. The number of nitrogens with one attached hydrogen (secondary N) is 1. The second-order valence-corrected chi connectivity index (χ2v) is 3.44. The number of carbonyl (C=O) groups excluding carboxylic acids is 1. The van der Waals surface area contributed by atoms with Crippen LogP contribution in [0.2, 0.25) is 0 Å². The zero-order valence-corrected chi connectivity index (χ0v) is 8.35. The highest BCUT2D eigenvalue weighted by molar-refractivity contribution is 5.91. The molecule has 0 spiro atoms. The summed E-state index contributed by atoms with van der Waals surface area (Å²) in [6, 6.07) is 9.73. The highest BCUT2D eigenvalue weighted by Gasteiger charge is 2.22. The van der Waals surface area contributed by atoms with E-state index < -0.39 is 0 Å². The maximum Gasteiger partial charge on any atom is 0.244 e. The van der Waals surface area contributed by atoms with Crippen LogP contribution in [0.15, 0.2) is 36.4 Å². The molecular weight excluding hydrogens is 190 g/mol. The number of epoxide rings is 1. The average molecular weight is 203 g/mol. The van der Waals surface area contributed by atoms with E-state index in [-0.39, 0.29) is 12.0 Å². The van der Waals surface area contributed by atoms with E-state index in [1.54, 1.807) is 6.08 Å². The molecule has 0 unspecified atom stereocenters. The number of benzene rings is 1. The average Bonchev–Trinajstić information content (AvgIpc) is 3.09. The fourth-order valence-electron chi connectivity index (χ4n) is 1.20. The predicted molar refractivity (Wildman–Crippen MR) is 58.2 cm³/mol. The van der Waals surface area contributed by atoms with Gasteiger partial charge in [0.1, 0.15) is 0 Å². The number of rotatable bonds is 4. The highest BCUT2D eigenvalue weighted by atomic mass is 16.6. The van der Waals surface area contributed by atoms with Gasteiger partial charge < -0.3 is 10.1 Å². The standard InChI is InChI=1S/C12H13NO2/c14-12(13-8-11-9-15-11)7-6-10-4-2-1-3-5-10/h1-7,11H,8-9H2,(H,13,14)/b7-6+/t11-/m0/s1. The molecule has 15 heavy (non-hydrogen) atoms. The van der Waals surface area contributed by atoms with Crippen molar-refractivity contribution < 1.29 is 9.53 Å². The van der Waals surface area contributed by atoms with Gasteiger partial charge in [0, 0.05) is 12.6 Å². The SMILES string of the molecule is O=C(/C=C/c1ccccc1)NC[C@H]1CO1. The van der Waals surface area contributed by atoms with Crippen LogP contribution in [0, 0.1) is 0 Å². The Labute approximate surface area is 88.8 Å². The lowest BCUT2D eigenvalue weighted by Gasteiger charge is -1.97. The van der Waals surface area contributed by atoms with E-state index in [1.165, 1.54) is 6.08 Å². The molecule has 1 aromatic rings. The van der Waals surface area contributed by atoms with E-state index in [0.717, 1.165) is 12.2 Å². The van der Waals surface area contributed by atoms with E-state index in [2.05, 4.69) is 5.32 Å². The van der Waals surface area contributed by atoms with Crippen molar-refractivity contribution in [3.05, 3.63) is 42.0 Å². The van der Waals surface area contributed by atoms with E-state index in [4.69, 9.17) is 4.74 Å². The van der Waals surface area contributed by atoms with Crippen molar-refractivity contribution >= 4 is 12.0 Å². The number of hydrogen-bond acceptors (Lipinski definition) is 2. The molecule has 1 aliphatic rings. The molecule has 1 N–H and O–H groups in total. The highest BCUT2D eigenvalue weighted by Crippen LogP contribution is 2.06. The minimum absolute atomic E-state index is 0.0747. The van der Waals surface area contributed by atoms with Gasteiger partial charge in [-0.05, 0) is 11.6 Å². The van der Waals surface area contributed by atoms with Gasteiger partial charge in [0.25, 0.3) is 0 Å². The molecule has 2 rings (SSSR count). The van der Waals surface area contributed by atoms with Gasteiger partial charge in [-0.25, -0.2) is 0 Å². The summed E-state index contributed by atoms with van der Waals surface area (Å²) in [6.07, 6.45) is 3.57. The third kappa shape index (κ3) is 3.56. The fourth-order valence-corrected chi connectivity index (χ4v) is 1.20. The fraction of sp³-hybridized carbons (Fsp3) is 0.250. The van der Waals surface area contributed by atoms with Gasteiger partial charge in [-0.3, -0.25) is 4.79 Å². The summed E-state index contributed by atoms with van der Waals surface area (Å²) in [4.78, 5) is 11.3. The minimum atomic E-state index is -0.0747. The summed E-state index contributed by atoms with van der Waals surface area (Å²) in [5.74, 6) is -0.0747. The Morgan fingerprint density at radius 3 is 2.87 bits per heavy atom. The lowest BCUT2D eigenvalue weighted by atomic mass is 10.2. The number of amides is 1. The molecule has 1 heterocycles. The van der Waals surface area contributed by atoms with E-state index in [1.807, 2.05) is 30.3 Å². The van der Waals surface area contributed by atoms with Crippen molar-refractivity contribution in [3.63, 3.8) is 0 Å². The zero-order chi connectivity index (χ0) is 10.5. The van der Waals surface area contributed by atoms with Crippen molar-refractivity contribution in [2.75, 3.05) is 13.2 Å². The Kier molecular flexibility index (Phi) is 3.15. The van der Waals surface area contributed by atoms with Crippen molar-refractivity contribution in [1.82, 2.24) is 5.32 Å². The molecule has 1 aromatic carbocycles. The first-order chi connectivity index (χ1) is 7.34. The molecule has 3 nitrogen and oxygen atoms in total. The Morgan fingerprint density at radius 1 is 1.47 bits per heavy atom. The van der Waals surface area contributed by atoms with Crippen molar-refractivity contribution in [2.45, 2.75) is 6.10 Å². The molecule has 1 amide bonds. The quantitative estimate of drug-likeness (QED) is 0.590. The van der Waals surface area contributed by atoms with Crippen LogP contribution in [0.3, 0.4) is 0 Å². The lowest BCUT2D eigenvalue weighted by Crippen LogP contribution is -2.25. The van der Waals surface area contributed by atoms with Crippen LogP contribution in [0.5, 0.6) is 0 Å². The Bertz CT molecular complexity index is 355. The first kappa shape index (κ1) is 9.93. The third-order valence-electron chi connectivity index (χ3n) is 2.13.